The molecule has 2 nitrogen and oxygen atoms in total. The predicted octanol–water partition coefficient (Wildman–Crippen LogP) is 3.38. The molecule has 2 rings (SSSR count). The fourth-order valence-electron chi connectivity index (χ4n) is 1.94. The van der Waals surface area contributed by atoms with Crippen molar-refractivity contribution in [2.45, 2.75) is 26.2 Å². The zero-order valence-corrected chi connectivity index (χ0v) is 9.58. The Morgan fingerprint density at radius 1 is 1.25 bits per heavy atom. The van der Waals surface area contributed by atoms with Crippen LogP contribution in [0.2, 0.25) is 0 Å². The van der Waals surface area contributed by atoms with Crippen LogP contribution in [0.15, 0.2) is 24.4 Å². The summed E-state index contributed by atoms with van der Waals surface area (Å²) in [6.07, 6.45) is 1.42. The van der Waals surface area contributed by atoms with Crippen LogP contribution >= 0.6 is 0 Å². The summed E-state index contributed by atoms with van der Waals surface area (Å²) >= 11 is 0. The Morgan fingerprint density at radius 3 is 2.56 bits per heavy atom. The first-order valence-corrected chi connectivity index (χ1v) is 5.17. The molecule has 0 radical (unpaired) electrons. The minimum absolute atomic E-state index is 0.116. The Labute approximate surface area is 93.8 Å². The Hall–Kier alpha value is -1.64. The maximum absolute atomic E-state index is 13.2. The van der Waals surface area contributed by atoms with Crippen LogP contribution in [0, 0.1) is 5.82 Å². The van der Waals surface area contributed by atoms with E-state index in [1.807, 2.05) is 20.8 Å². The molecule has 0 aliphatic carbocycles. The van der Waals surface area contributed by atoms with Gasteiger partial charge in [0.25, 0.3) is 0 Å². The van der Waals surface area contributed by atoms with Crippen LogP contribution in [0.3, 0.4) is 0 Å². The van der Waals surface area contributed by atoms with Gasteiger partial charge in [0.15, 0.2) is 0 Å². The van der Waals surface area contributed by atoms with Crippen molar-refractivity contribution in [3.8, 4) is 5.75 Å². The molecule has 3 heteroatoms. The second-order valence-corrected chi connectivity index (χ2v) is 4.93. The van der Waals surface area contributed by atoms with Crippen LogP contribution in [0.4, 0.5) is 4.39 Å². The minimum atomic E-state index is -0.314. The van der Waals surface area contributed by atoms with E-state index in [9.17, 15) is 9.50 Å². The molecule has 1 N–H and O–H groups in total. The molecule has 16 heavy (non-hydrogen) atoms. The number of hydrogen-bond acceptors (Lipinski definition) is 2. The van der Waals surface area contributed by atoms with Gasteiger partial charge in [-0.25, -0.2) is 4.39 Å². The standard InChI is InChI=1S/C13H14FNO/c1-13(2,3)12-9-6-8(14)4-5-10(9)15-7-11(12)16/h4-7,16H,1-3H3. The van der Waals surface area contributed by atoms with Gasteiger partial charge in [0.2, 0.25) is 0 Å². The lowest BCUT2D eigenvalue weighted by Crippen LogP contribution is -2.12. The number of fused-ring (bicyclic) bond motifs is 1. The second-order valence-electron chi connectivity index (χ2n) is 4.93. The first kappa shape index (κ1) is 10.9. The molecule has 0 saturated heterocycles. The highest BCUT2D eigenvalue weighted by molar-refractivity contribution is 5.85. The summed E-state index contributed by atoms with van der Waals surface area (Å²) in [5.41, 5.74) is 1.18. The van der Waals surface area contributed by atoms with E-state index in [-0.39, 0.29) is 17.0 Å². The van der Waals surface area contributed by atoms with Crippen molar-refractivity contribution in [1.29, 1.82) is 0 Å². The summed E-state index contributed by atoms with van der Waals surface area (Å²) in [6, 6.07) is 4.42. The molecular weight excluding hydrogens is 205 g/mol. The molecule has 1 heterocycles. The summed E-state index contributed by atoms with van der Waals surface area (Å²) in [5.74, 6) is -0.198. The average molecular weight is 219 g/mol. The highest BCUT2D eigenvalue weighted by Gasteiger charge is 2.21. The number of hydrogen-bond donors (Lipinski definition) is 1. The Kier molecular flexibility index (Phi) is 2.34. The molecule has 0 unspecified atom stereocenters. The van der Waals surface area contributed by atoms with Gasteiger partial charge in [-0.15, -0.1) is 0 Å². The second kappa shape index (κ2) is 3.44. The van der Waals surface area contributed by atoms with Crippen molar-refractivity contribution in [2.75, 3.05) is 0 Å². The van der Waals surface area contributed by atoms with Gasteiger partial charge in [0.1, 0.15) is 11.6 Å². The van der Waals surface area contributed by atoms with E-state index in [1.54, 1.807) is 6.07 Å². The number of halogens is 1. The van der Waals surface area contributed by atoms with Gasteiger partial charge < -0.3 is 5.11 Å². The average Bonchev–Trinajstić information content (AvgIpc) is 2.14. The molecule has 84 valence electrons. The minimum Gasteiger partial charge on any atom is -0.506 e. The molecule has 0 spiro atoms. The maximum atomic E-state index is 13.2. The van der Waals surface area contributed by atoms with Crippen molar-refractivity contribution >= 4 is 10.9 Å². The Balaban J connectivity index is 2.88. The van der Waals surface area contributed by atoms with E-state index in [2.05, 4.69) is 4.98 Å². The third kappa shape index (κ3) is 1.73. The summed E-state index contributed by atoms with van der Waals surface area (Å²) in [6.45, 7) is 5.94. The van der Waals surface area contributed by atoms with Crippen molar-refractivity contribution in [2.24, 2.45) is 0 Å². The van der Waals surface area contributed by atoms with Crippen molar-refractivity contribution in [3.63, 3.8) is 0 Å². The summed E-state index contributed by atoms with van der Waals surface area (Å²) in [4.78, 5) is 4.08. The molecule has 0 saturated carbocycles. The zero-order valence-electron chi connectivity index (χ0n) is 9.58. The number of nitrogens with zero attached hydrogens (tertiary/aromatic N) is 1. The number of aromatic hydroxyl groups is 1. The Morgan fingerprint density at radius 2 is 1.94 bits per heavy atom. The van der Waals surface area contributed by atoms with Crippen LogP contribution in [0.5, 0.6) is 5.75 Å². The lowest BCUT2D eigenvalue weighted by Gasteiger charge is -2.22. The van der Waals surface area contributed by atoms with E-state index in [1.165, 1.54) is 18.3 Å². The first-order chi connectivity index (χ1) is 7.39. The van der Waals surface area contributed by atoms with Crippen LogP contribution in [-0.4, -0.2) is 10.1 Å². The topological polar surface area (TPSA) is 33.1 Å². The molecule has 0 aliphatic heterocycles. The van der Waals surface area contributed by atoms with Gasteiger partial charge in [-0.1, -0.05) is 20.8 Å². The molecule has 1 aromatic heterocycles. The Bertz CT molecular complexity index is 538. The number of rotatable bonds is 0. The summed E-state index contributed by atoms with van der Waals surface area (Å²) in [7, 11) is 0. The number of pyridine rings is 1. The quantitative estimate of drug-likeness (QED) is 0.736. The molecule has 0 atom stereocenters. The molecule has 0 amide bonds. The van der Waals surface area contributed by atoms with Gasteiger partial charge >= 0.3 is 0 Å². The van der Waals surface area contributed by atoms with Crippen LogP contribution in [0.25, 0.3) is 10.9 Å². The van der Waals surface area contributed by atoms with E-state index < -0.39 is 0 Å². The van der Waals surface area contributed by atoms with Gasteiger partial charge in [0, 0.05) is 10.9 Å². The largest absolute Gasteiger partial charge is 0.506 e. The summed E-state index contributed by atoms with van der Waals surface area (Å²) in [5, 5.41) is 10.5. The smallest absolute Gasteiger partial charge is 0.138 e. The third-order valence-electron chi connectivity index (χ3n) is 2.56. The molecule has 0 fully saturated rings. The third-order valence-corrected chi connectivity index (χ3v) is 2.56. The van der Waals surface area contributed by atoms with E-state index >= 15 is 0 Å². The molecule has 0 bridgehead atoms. The highest BCUT2D eigenvalue weighted by atomic mass is 19.1. The fourth-order valence-corrected chi connectivity index (χ4v) is 1.94. The van der Waals surface area contributed by atoms with E-state index in [0.717, 1.165) is 5.56 Å². The zero-order chi connectivity index (χ0) is 11.9. The lowest BCUT2D eigenvalue weighted by molar-refractivity contribution is 0.447. The normalized spacial score (nSPS) is 12.0. The molecule has 2 aromatic rings. The highest BCUT2D eigenvalue weighted by Crippen LogP contribution is 2.35. The van der Waals surface area contributed by atoms with Gasteiger partial charge in [-0.2, -0.15) is 0 Å². The van der Waals surface area contributed by atoms with E-state index in [4.69, 9.17) is 0 Å². The van der Waals surface area contributed by atoms with Crippen LogP contribution in [0.1, 0.15) is 26.3 Å². The first-order valence-electron chi connectivity index (χ1n) is 5.17. The molecular formula is C13H14FNO. The number of benzene rings is 1. The monoisotopic (exact) mass is 219 g/mol. The van der Waals surface area contributed by atoms with Crippen molar-refractivity contribution < 1.29 is 9.50 Å². The van der Waals surface area contributed by atoms with Gasteiger partial charge in [-0.3, -0.25) is 4.98 Å². The van der Waals surface area contributed by atoms with Crippen LogP contribution in [-0.2, 0) is 5.41 Å². The fraction of sp³-hybridized carbons (Fsp3) is 0.308. The maximum Gasteiger partial charge on any atom is 0.138 e. The number of aromatic nitrogens is 1. The van der Waals surface area contributed by atoms with E-state index in [0.29, 0.717) is 10.9 Å². The van der Waals surface area contributed by atoms with Crippen molar-refractivity contribution in [1.82, 2.24) is 4.98 Å². The predicted molar refractivity (Wildman–Crippen MR) is 62.1 cm³/mol. The SMILES string of the molecule is CC(C)(C)c1c(O)cnc2ccc(F)cc12. The molecule has 1 aromatic carbocycles. The van der Waals surface area contributed by atoms with Gasteiger partial charge in [0.05, 0.1) is 11.7 Å². The lowest BCUT2D eigenvalue weighted by atomic mass is 9.84. The van der Waals surface area contributed by atoms with Crippen LogP contribution < -0.4 is 0 Å². The molecule has 0 aliphatic rings. The summed E-state index contributed by atoms with van der Waals surface area (Å²) < 4.78 is 13.2. The van der Waals surface area contributed by atoms with Crippen molar-refractivity contribution in [3.05, 3.63) is 35.8 Å². The van der Waals surface area contributed by atoms with Gasteiger partial charge in [-0.05, 0) is 23.6 Å².